The molecule has 11 heteroatoms. The molecule has 0 unspecified atom stereocenters. The zero-order valence-corrected chi connectivity index (χ0v) is 24.8. The predicted molar refractivity (Wildman–Crippen MR) is 156 cm³/mol. The number of aromatic nitrogens is 2. The van der Waals surface area contributed by atoms with Gasteiger partial charge in [-0.2, -0.15) is 5.10 Å². The molecule has 1 heterocycles. The topological polar surface area (TPSA) is 131 Å². The van der Waals surface area contributed by atoms with Gasteiger partial charge < -0.3 is 15.4 Å². The van der Waals surface area contributed by atoms with Crippen LogP contribution in [0.25, 0.3) is 5.69 Å². The van der Waals surface area contributed by atoms with Gasteiger partial charge in [-0.3, -0.25) is 14.3 Å². The molecule has 10 nitrogen and oxygen atoms in total. The molecule has 1 aliphatic rings. The van der Waals surface area contributed by atoms with Crippen LogP contribution in [0.1, 0.15) is 72.4 Å². The molecule has 0 bridgehead atoms. The Hall–Kier alpha value is -3.86. The fourth-order valence-electron chi connectivity index (χ4n) is 4.25. The molecule has 1 fully saturated rings. The second-order valence-electron chi connectivity index (χ2n) is 11.9. The quantitative estimate of drug-likeness (QED) is 0.345. The molecule has 0 atom stereocenters. The SMILES string of the molecule is COc1c(NC(=O)c2ccc(C)c(-n3cc(C(=O)NCC(C)(C)C)cn3)c2)cc(C2(C)CC2)cc1NS(C)(=O)=O. The van der Waals surface area contributed by atoms with E-state index in [0.717, 1.165) is 30.2 Å². The highest BCUT2D eigenvalue weighted by Gasteiger charge is 2.40. The number of carbonyl (C=O) groups excluding carboxylic acids is 2. The minimum atomic E-state index is -3.59. The summed E-state index contributed by atoms with van der Waals surface area (Å²) >= 11 is 0. The highest BCUT2D eigenvalue weighted by molar-refractivity contribution is 7.92. The van der Waals surface area contributed by atoms with Crippen molar-refractivity contribution in [1.82, 2.24) is 15.1 Å². The minimum Gasteiger partial charge on any atom is -0.492 e. The average Bonchev–Trinajstić information content (AvgIpc) is 3.41. The van der Waals surface area contributed by atoms with Crippen molar-refractivity contribution < 1.29 is 22.7 Å². The highest BCUT2D eigenvalue weighted by atomic mass is 32.2. The normalized spacial score (nSPS) is 14.4. The molecule has 0 radical (unpaired) electrons. The van der Waals surface area contributed by atoms with Crippen LogP contribution in [-0.4, -0.2) is 49.9 Å². The van der Waals surface area contributed by atoms with E-state index in [1.807, 2.05) is 33.8 Å². The van der Waals surface area contributed by atoms with Crippen LogP contribution in [0.2, 0.25) is 0 Å². The number of nitrogens with zero attached hydrogens (tertiary/aromatic N) is 2. The van der Waals surface area contributed by atoms with Gasteiger partial charge in [0.25, 0.3) is 11.8 Å². The summed E-state index contributed by atoms with van der Waals surface area (Å²) in [6, 6.07) is 8.80. The summed E-state index contributed by atoms with van der Waals surface area (Å²) in [5, 5.41) is 10.2. The van der Waals surface area contributed by atoms with Crippen LogP contribution in [0.4, 0.5) is 11.4 Å². The third-order valence-electron chi connectivity index (χ3n) is 6.88. The standard InChI is InChI=1S/C29H37N5O5S/c1-18-8-9-19(12-24(18)34-16-20(15-31-34)26(35)30-17-28(2,3)4)27(36)32-22-13-21(29(5)10-11-29)14-23(25(22)39-6)33-40(7,37)38/h8-9,12-16,33H,10-11,17H2,1-7H3,(H,30,35)(H,32,36). The molecule has 2 amide bonds. The number of hydrogen-bond acceptors (Lipinski definition) is 6. The Kier molecular flexibility index (Phi) is 7.72. The molecule has 0 saturated heterocycles. The number of anilines is 2. The number of carbonyl (C=O) groups is 2. The van der Waals surface area contributed by atoms with Gasteiger partial charge in [0.05, 0.1) is 42.2 Å². The molecule has 40 heavy (non-hydrogen) atoms. The lowest BCUT2D eigenvalue weighted by Gasteiger charge is -2.20. The first-order valence-corrected chi connectivity index (χ1v) is 14.9. The number of sulfonamides is 1. The molecular formula is C29H37N5O5S. The van der Waals surface area contributed by atoms with Gasteiger partial charge in [0.15, 0.2) is 5.75 Å². The van der Waals surface area contributed by atoms with Gasteiger partial charge in [-0.25, -0.2) is 13.1 Å². The molecule has 4 rings (SSSR count). The van der Waals surface area contributed by atoms with E-state index >= 15 is 0 Å². The second kappa shape index (κ2) is 10.6. The number of amides is 2. The third-order valence-corrected chi connectivity index (χ3v) is 7.47. The van der Waals surface area contributed by atoms with Gasteiger partial charge in [-0.1, -0.05) is 33.8 Å². The van der Waals surface area contributed by atoms with Crippen LogP contribution in [0.5, 0.6) is 5.75 Å². The van der Waals surface area contributed by atoms with E-state index in [4.69, 9.17) is 4.74 Å². The predicted octanol–water partition coefficient (Wildman–Crippen LogP) is 4.64. The molecule has 1 aliphatic carbocycles. The van der Waals surface area contributed by atoms with Crippen LogP contribution in [0.15, 0.2) is 42.7 Å². The van der Waals surface area contributed by atoms with Crippen LogP contribution < -0.4 is 20.1 Å². The van der Waals surface area contributed by atoms with Gasteiger partial charge in [-0.05, 0) is 66.0 Å². The smallest absolute Gasteiger partial charge is 0.255 e. The van der Waals surface area contributed by atoms with E-state index in [9.17, 15) is 18.0 Å². The molecule has 3 aromatic rings. The van der Waals surface area contributed by atoms with Crippen LogP contribution in [0.3, 0.4) is 0 Å². The summed E-state index contributed by atoms with van der Waals surface area (Å²) in [5.41, 5.74) is 3.69. The third kappa shape index (κ3) is 6.82. The molecule has 1 aromatic heterocycles. The fraction of sp³-hybridized carbons (Fsp3) is 0.414. The van der Waals surface area contributed by atoms with Gasteiger partial charge in [0.2, 0.25) is 10.0 Å². The van der Waals surface area contributed by atoms with Crippen molar-refractivity contribution in [2.24, 2.45) is 5.41 Å². The highest BCUT2D eigenvalue weighted by Crippen LogP contribution is 2.50. The zero-order chi connectivity index (χ0) is 29.5. The first-order valence-electron chi connectivity index (χ1n) is 13.0. The van der Waals surface area contributed by atoms with Crippen LogP contribution >= 0.6 is 0 Å². The number of methoxy groups -OCH3 is 1. The summed E-state index contributed by atoms with van der Waals surface area (Å²) in [5.74, 6) is -0.405. The van der Waals surface area contributed by atoms with Crippen molar-refractivity contribution in [3.63, 3.8) is 0 Å². The van der Waals surface area contributed by atoms with Crippen molar-refractivity contribution in [3.8, 4) is 11.4 Å². The lowest BCUT2D eigenvalue weighted by Crippen LogP contribution is -2.32. The largest absolute Gasteiger partial charge is 0.492 e. The molecule has 2 aromatic carbocycles. The van der Waals surface area contributed by atoms with Crippen LogP contribution in [0, 0.1) is 12.3 Å². The first kappa shape index (κ1) is 29.1. The van der Waals surface area contributed by atoms with Gasteiger partial charge >= 0.3 is 0 Å². The summed E-state index contributed by atoms with van der Waals surface area (Å²) in [7, 11) is -2.16. The maximum absolute atomic E-state index is 13.4. The van der Waals surface area contributed by atoms with Crippen molar-refractivity contribution in [2.75, 3.05) is 29.9 Å². The minimum absolute atomic E-state index is 0.0515. The van der Waals surface area contributed by atoms with Gasteiger partial charge in [0.1, 0.15) is 0 Å². The zero-order valence-electron chi connectivity index (χ0n) is 24.0. The van der Waals surface area contributed by atoms with Crippen molar-refractivity contribution in [1.29, 1.82) is 0 Å². The van der Waals surface area contributed by atoms with Crippen molar-refractivity contribution >= 4 is 33.2 Å². The summed E-state index contributed by atoms with van der Waals surface area (Å²) < 4.78 is 33.7. The second-order valence-corrected chi connectivity index (χ2v) is 13.7. The van der Waals surface area contributed by atoms with E-state index in [-0.39, 0.29) is 28.2 Å². The fourth-order valence-corrected chi connectivity index (χ4v) is 4.80. The Morgan fingerprint density at radius 3 is 2.35 bits per heavy atom. The first-order chi connectivity index (χ1) is 18.6. The van der Waals surface area contributed by atoms with E-state index in [1.165, 1.54) is 13.3 Å². The van der Waals surface area contributed by atoms with Crippen LogP contribution in [-0.2, 0) is 15.4 Å². The average molecular weight is 568 g/mol. The molecule has 3 N–H and O–H groups in total. The van der Waals surface area contributed by atoms with Crippen molar-refractivity contribution in [2.45, 2.75) is 52.9 Å². The molecule has 214 valence electrons. The Balaban J connectivity index is 1.63. The Morgan fingerprint density at radius 1 is 1.07 bits per heavy atom. The molecular weight excluding hydrogens is 530 g/mol. The number of nitrogens with one attached hydrogen (secondary N) is 3. The monoisotopic (exact) mass is 567 g/mol. The molecule has 0 spiro atoms. The summed E-state index contributed by atoms with van der Waals surface area (Å²) in [4.78, 5) is 26.0. The maximum atomic E-state index is 13.4. The van der Waals surface area contributed by atoms with E-state index in [0.29, 0.717) is 29.0 Å². The summed E-state index contributed by atoms with van der Waals surface area (Å²) in [6.07, 6.45) is 6.13. The summed E-state index contributed by atoms with van der Waals surface area (Å²) in [6.45, 7) is 10.6. The van der Waals surface area contributed by atoms with Gasteiger partial charge in [-0.15, -0.1) is 0 Å². The van der Waals surface area contributed by atoms with E-state index < -0.39 is 15.9 Å². The Bertz CT molecular complexity index is 1570. The lowest BCUT2D eigenvalue weighted by atomic mass is 9.96. The Morgan fingerprint density at radius 2 is 1.75 bits per heavy atom. The van der Waals surface area contributed by atoms with E-state index in [1.54, 1.807) is 35.1 Å². The number of rotatable bonds is 9. The van der Waals surface area contributed by atoms with E-state index in [2.05, 4.69) is 27.4 Å². The molecule has 1 saturated carbocycles. The number of ether oxygens (including phenoxy) is 1. The Labute approximate surface area is 235 Å². The molecule has 0 aliphatic heterocycles. The lowest BCUT2D eigenvalue weighted by molar-refractivity contribution is 0.0938. The number of benzene rings is 2. The van der Waals surface area contributed by atoms with Gasteiger partial charge in [0, 0.05) is 18.3 Å². The number of aryl methyl sites for hydroxylation is 1. The number of hydrogen-bond donors (Lipinski definition) is 3. The maximum Gasteiger partial charge on any atom is 0.255 e. The van der Waals surface area contributed by atoms with Crippen molar-refractivity contribution in [3.05, 3.63) is 65.0 Å².